The molecule has 5 rings (SSSR count). The minimum absolute atomic E-state index is 0.0629. The van der Waals surface area contributed by atoms with E-state index in [9.17, 15) is 9.59 Å². The van der Waals surface area contributed by atoms with Crippen molar-refractivity contribution in [1.82, 2.24) is 9.55 Å². The fourth-order valence-corrected chi connectivity index (χ4v) is 5.04. The summed E-state index contributed by atoms with van der Waals surface area (Å²) in [5.41, 5.74) is 2.78. The Balaban J connectivity index is 1.52. The zero-order chi connectivity index (χ0) is 27.4. The molecule has 0 saturated carbocycles. The first-order valence-electron chi connectivity index (χ1n) is 12.7. The molecule has 0 bridgehead atoms. The van der Waals surface area contributed by atoms with Crippen molar-refractivity contribution in [3.05, 3.63) is 105 Å². The number of unbranched alkanes of at least 4 members (excludes halogenated alkanes) is 1. The molecule has 1 atom stereocenters. The highest BCUT2D eigenvalue weighted by Gasteiger charge is 2.41. The van der Waals surface area contributed by atoms with Crippen molar-refractivity contribution >= 4 is 34.2 Å². The van der Waals surface area contributed by atoms with Crippen molar-refractivity contribution in [2.75, 3.05) is 13.7 Å². The van der Waals surface area contributed by atoms with E-state index >= 15 is 0 Å². The number of rotatable bonds is 10. The maximum atomic E-state index is 13.7. The third-order valence-electron chi connectivity index (χ3n) is 6.86. The van der Waals surface area contributed by atoms with Crippen LogP contribution < -0.4 is 5.56 Å². The summed E-state index contributed by atoms with van der Waals surface area (Å²) in [5.74, 6) is -0.291. The summed E-state index contributed by atoms with van der Waals surface area (Å²) in [6.07, 6.45) is 2.07. The van der Waals surface area contributed by atoms with Crippen LogP contribution in [0.2, 0.25) is 5.02 Å². The smallest absolute Gasteiger partial charge is 0.303 e. The minimum Gasteiger partial charge on any atom is -0.481 e. The molecule has 1 aliphatic rings. The average Bonchev–Trinajstić information content (AvgIpc) is 3.38. The predicted molar refractivity (Wildman–Crippen MR) is 150 cm³/mol. The van der Waals surface area contributed by atoms with Gasteiger partial charge in [0, 0.05) is 42.5 Å². The van der Waals surface area contributed by atoms with E-state index in [0.29, 0.717) is 59.7 Å². The van der Waals surface area contributed by atoms with Crippen LogP contribution in [0, 0.1) is 0 Å². The number of halogens is 1. The highest BCUT2D eigenvalue weighted by atomic mass is 35.5. The van der Waals surface area contributed by atoms with Crippen molar-refractivity contribution in [3.8, 4) is 5.69 Å². The molecule has 0 aliphatic carbocycles. The normalized spacial score (nSPS) is 16.7. The molecule has 1 aliphatic heterocycles. The first kappa shape index (κ1) is 26.6. The number of oxime groups is 1. The zero-order valence-electron chi connectivity index (χ0n) is 21.5. The van der Waals surface area contributed by atoms with Gasteiger partial charge in [-0.3, -0.25) is 14.2 Å². The van der Waals surface area contributed by atoms with Crippen LogP contribution in [0.15, 0.2) is 82.7 Å². The number of ether oxygens (including phenoxy) is 1. The van der Waals surface area contributed by atoms with Gasteiger partial charge >= 0.3 is 5.97 Å². The number of methoxy groups -OCH3 is 1. The largest absolute Gasteiger partial charge is 0.481 e. The molecule has 8 nitrogen and oxygen atoms in total. The number of hydrogen-bond acceptors (Lipinski definition) is 6. The van der Waals surface area contributed by atoms with Gasteiger partial charge in [0.2, 0.25) is 0 Å². The summed E-state index contributed by atoms with van der Waals surface area (Å²) in [5, 5.41) is 14.5. The maximum absolute atomic E-state index is 13.7. The molecule has 200 valence electrons. The van der Waals surface area contributed by atoms with E-state index in [1.807, 2.05) is 42.5 Å². The van der Waals surface area contributed by atoms with Crippen LogP contribution in [-0.4, -0.2) is 40.1 Å². The quantitative estimate of drug-likeness (QED) is 0.264. The molecule has 0 radical (unpaired) electrons. The van der Waals surface area contributed by atoms with E-state index in [2.05, 4.69) is 5.16 Å². The van der Waals surface area contributed by atoms with Gasteiger partial charge in [-0.1, -0.05) is 53.2 Å². The molecular formula is C30H28ClN3O5. The summed E-state index contributed by atoms with van der Waals surface area (Å²) in [7, 11) is 1.63. The molecule has 0 spiro atoms. The molecule has 4 aromatic rings. The van der Waals surface area contributed by atoms with Gasteiger partial charge in [0.15, 0.2) is 5.60 Å². The Morgan fingerprint density at radius 2 is 1.87 bits per heavy atom. The molecule has 1 unspecified atom stereocenters. The zero-order valence-corrected chi connectivity index (χ0v) is 22.2. The number of carboxylic acids is 1. The second-order valence-corrected chi connectivity index (χ2v) is 10.0. The molecule has 9 heteroatoms. The van der Waals surface area contributed by atoms with Crippen molar-refractivity contribution in [2.24, 2.45) is 5.16 Å². The lowest BCUT2D eigenvalue weighted by molar-refractivity contribution is -0.137. The SMILES string of the molecule is COCC1(c2ccccc2)CC(c2ccc3c(=O)n(-c4ccc(Cl)cc4)c(CCCCC(=O)O)nc3c2)=NO1. The standard InChI is InChI=1S/C30H28ClN3O5/c1-38-19-30(21-7-3-2-4-8-21)18-26(33-39-30)20-11-16-24-25(17-20)32-27(9-5-6-10-28(35)36)34(29(24)37)23-14-12-22(31)13-15-23/h2-4,7-8,11-17H,5-6,9-10,18-19H2,1H3,(H,35,36). The number of aryl methyl sites for hydroxylation is 1. The summed E-state index contributed by atoms with van der Waals surface area (Å²) in [6, 6.07) is 22.3. The lowest BCUT2D eigenvalue weighted by Crippen LogP contribution is -2.31. The molecular weight excluding hydrogens is 518 g/mol. The van der Waals surface area contributed by atoms with E-state index in [1.54, 1.807) is 42.0 Å². The summed E-state index contributed by atoms with van der Waals surface area (Å²) in [4.78, 5) is 35.6. The Morgan fingerprint density at radius 3 is 2.59 bits per heavy atom. The number of hydrogen-bond donors (Lipinski definition) is 1. The number of benzene rings is 3. The molecule has 0 amide bonds. The number of carboxylic acid groups (broad SMARTS) is 1. The lowest BCUT2D eigenvalue weighted by atomic mass is 9.88. The van der Waals surface area contributed by atoms with Crippen LogP contribution in [0.25, 0.3) is 16.6 Å². The summed E-state index contributed by atoms with van der Waals surface area (Å²) >= 11 is 6.08. The van der Waals surface area contributed by atoms with Crippen molar-refractivity contribution in [2.45, 2.75) is 37.7 Å². The lowest BCUT2D eigenvalue weighted by Gasteiger charge is -2.26. The summed E-state index contributed by atoms with van der Waals surface area (Å²) < 4.78 is 7.07. The van der Waals surface area contributed by atoms with Crippen LogP contribution >= 0.6 is 11.6 Å². The molecule has 0 saturated heterocycles. The topological polar surface area (TPSA) is 103 Å². The Kier molecular flexibility index (Phi) is 7.77. The van der Waals surface area contributed by atoms with E-state index in [0.717, 1.165) is 16.8 Å². The second-order valence-electron chi connectivity index (χ2n) is 9.58. The first-order valence-corrected chi connectivity index (χ1v) is 13.1. The highest BCUT2D eigenvalue weighted by molar-refractivity contribution is 6.30. The van der Waals surface area contributed by atoms with E-state index in [1.165, 1.54) is 0 Å². The van der Waals surface area contributed by atoms with Gasteiger partial charge in [0.05, 0.1) is 28.9 Å². The number of aromatic nitrogens is 2. The fourth-order valence-electron chi connectivity index (χ4n) is 4.92. The number of aliphatic carboxylic acids is 1. The van der Waals surface area contributed by atoms with Crippen LogP contribution in [0.5, 0.6) is 0 Å². The molecule has 1 aromatic heterocycles. The Labute approximate surface area is 230 Å². The van der Waals surface area contributed by atoms with Gasteiger partial charge in [-0.2, -0.15) is 0 Å². The second kappa shape index (κ2) is 11.4. The molecule has 0 fully saturated rings. The monoisotopic (exact) mass is 545 g/mol. The van der Waals surface area contributed by atoms with Gasteiger partial charge in [0.1, 0.15) is 5.82 Å². The molecule has 2 heterocycles. The van der Waals surface area contributed by atoms with Gasteiger partial charge in [-0.15, -0.1) is 0 Å². The van der Waals surface area contributed by atoms with E-state index in [4.69, 9.17) is 31.3 Å². The van der Waals surface area contributed by atoms with Gasteiger partial charge in [-0.05, 0) is 49.2 Å². The van der Waals surface area contributed by atoms with Crippen molar-refractivity contribution in [1.29, 1.82) is 0 Å². The number of fused-ring (bicyclic) bond motifs is 1. The number of carbonyl (C=O) groups is 1. The van der Waals surface area contributed by atoms with Crippen LogP contribution in [0.1, 0.15) is 42.6 Å². The summed E-state index contributed by atoms with van der Waals surface area (Å²) in [6.45, 7) is 0.335. The molecule has 39 heavy (non-hydrogen) atoms. The van der Waals surface area contributed by atoms with E-state index in [-0.39, 0.29) is 12.0 Å². The Hall–Kier alpha value is -4.01. The first-order chi connectivity index (χ1) is 18.9. The Bertz CT molecular complexity index is 1580. The van der Waals surface area contributed by atoms with Crippen molar-refractivity contribution < 1.29 is 19.5 Å². The molecule has 3 aromatic carbocycles. The van der Waals surface area contributed by atoms with Crippen LogP contribution in [0.3, 0.4) is 0 Å². The Morgan fingerprint density at radius 1 is 1.10 bits per heavy atom. The van der Waals surface area contributed by atoms with Gasteiger partial charge < -0.3 is 14.7 Å². The minimum atomic E-state index is -0.846. The highest BCUT2D eigenvalue weighted by Crippen LogP contribution is 2.37. The number of nitrogens with zero attached hydrogens (tertiary/aromatic N) is 3. The van der Waals surface area contributed by atoms with Gasteiger partial charge in [0.25, 0.3) is 5.56 Å². The predicted octanol–water partition coefficient (Wildman–Crippen LogP) is 5.50. The molecule has 1 N–H and O–H groups in total. The van der Waals surface area contributed by atoms with Crippen molar-refractivity contribution in [3.63, 3.8) is 0 Å². The fraction of sp³-hybridized carbons (Fsp3) is 0.267. The maximum Gasteiger partial charge on any atom is 0.303 e. The van der Waals surface area contributed by atoms with Crippen LogP contribution in [0.4, 0.5) is 0 Å². The third-order valence-corrected chi connectivity index (χ3v) is 7.11. The average molecular weight is 546 g/mol. The van der Waals surface area contributed by atoms with E-state index < -0.39 is 11.6 Å². The third kappa shape index (κ3) is 5.57. The van der Waals surface area contributed by atoms with Crippen LogP contribution in [-0.2, 0) is 26.4 Å². The van der Waals surface area contributed by atoms with Gasteiger partial charge in [-0.25, -0.2) is 4.98 Å².